The Morgan fingerprint density at radius 1 is 0.833 bits per heavy atom. The summed E-state index contributed by atoms with van der Waals surface area (Å²) in [5.41, 5.74) is 3.40. The third-order valence-electron chi connectivity index (χ3n) is 6.75. The maximum atomic E-state index is 12.8. The van der Waals surface area contributed by atoms with Gasteiger partial charge in [-0.25, -0.2) is 4.79 Å². The average molecular weight is 581 g/mol. The lowest BCUT2D eigenvalue weighted by molar-refractivity contribution is -0.141. The molecule has 9 heteroatoms. The Morgan fingerprint density at radius 3 is 2.21 bits per heavy atom. The van der Waals surface area contributed by atoms with E-state index in [1.165, 1.54) is 0 Å². The summed E-state index contributed by atoms with van der Waals surface area (Å²) in [5, 5.41) is 12.2. The van der Waals surface area contributed by atoms with E-state index in [9.17, 15) is 24.3 Å². The molecule has 0 aliphatic rings. The number of carboxylic acid groups (broad SMARTS) is 1. The number of thiazole rings is 1. The number of carbonyl (C=O) groups is 3. The van der Waals surface area contributed by atoms with Crippen LogP contribution >= 0.6 is 11.3 Å². The Hall–Kier alpha value is -5.02. The minimum atomic E-state index is -1.11. The first-order chi connectivity index (χ1) is 20.4. The number of hydrogen-bond acceptors (Lipinski definition) is 6. The Balaban J connectivity index is 1.16. The molecule has 2 N–H and O–H groups in total. The number of benzene rings is 4. The van der Waals surface area contributed by atoms with Crippen molar-refractivity contribution in [2.24, 2.45) is 0 Å². The van der Waals surface area contributed by atoms with E-state index in [1.807, 2.05) is 48.5 Å². The van der Waals surface area contributed by atoms with Crippen LogP contribution < -0.4 is 14.9 Å². The van der Waals surface area contributed by atoms with Crippen molar-refractivity contribution in [3.8, 4) is 5.75 Å². The highest BCUT2D eigenvalue weighted by Gasteiger charge is 2.20. The standard InChI is InChI=1S/C33H28N2O6S/c36-30(20-22-7-3-1-4-8-22)34-27(32(38)39)19-23-11-14-26(15-12-23)41-18-17-35-28-16-13-25(21-29(28)42-33(35)40)31(37)24-9-5-2-6-10-24/h1-16,21,27H,17-20H2,(H,34,36)(H,38,39). The van der Waals surface area contributed by atoms with Gasteiger partial charge in [0.15, 0.2) is 5.78 Å². The van der Waals surface area contributed by atoms with E-state index in [4.69, 9.17) is 4.74 Å². The molecule has 1 atom stereocenters. The fourth-order valence-electron chi connectivity index (χ4n) is 4.61. The average Bonchev–Trinajstić information content (AvgIpc) is 3.32. The summed E-state index contributed by atoms with van der Waals surface area (Å²) < 4.78 is 8.20. The van der Waals surface area contributed by atoms with Crippen LogP contribution in [0.4, 0.5) is 0 Å². The third-order valence-corrected chi connectivity index (χ3v) is 7.70. The van der Waals surface area contributed by atoms with Gasteiger partial charge in [0.1, 0.15) is 18.4 Å². The lowest BCUT2D eigenvalue weighted by Gasteiger charge is -2.15. The van der Waals surface area contributed by atoms with Crippen LogP contribution in [0.1, 0.15) is 27.0 Å². The van der Waals surface area contributed by atoms with Crippen LogP contribution in [0.3, 0.4) is 0 Å². The van der Waals surface area contributed by atoms with Gasteiger partial charge in [-0.05, 0) is 41.5 Å². The second-order valence-electron chi connectivity index (χ2n) is 9.71. The van der Waals surface area contributed by atoms with Crippen LogP contribution in [-0.2, 0) is 29.0 Å². The molecule has 42 heavy (non-hydrogen) atoms. The molecule has 0 fully saturated rings. The molecule has 1 aromatic heterocycles. The van der Waals surface area contributed by atoms with Crippen molar-refractivity contribution < 1.29 is 24.2 Å². The zero-order chi connectivity index (χ0) is 29.5. The molecule has 5 aromatic rings. The Kier molecular flexibility index (Phi) is 8.89. The second kappa shape index (κ2) is 13.1. The van der Waals surface area contributed by atoms with Gasteiger partial charge in [0.2, 0.25) is 5.91 Å². The van der Waals surface area contributed by atoms with E-state index in [-0.39, 0.29) is 36.0 Å². The number of amides is 1. The molecule has 8 nitrogen and oxygen atoms in total. The summed E-state index contributed by atoms with van der Waals surface area (Å²) in [5.74, 6) is -0.992. The number of hydrogen-bond donors (Lipinski definition) is 2. The van der Waals surface area contributed by atoms with Crippen molar-refractivity contribution in [1.82, 2.24) is 9.88 Å². The summed E-state index contributed by atoms with van der Waals surface area (Å²) in [4.78, 5) is 49.5. The van der Waals surface area contributed by atoms with E-state index < -0.39 is 12.0 Å². The van der Waals surface area contributed by atoms with E-state index in [0.29, 0.717) is 23.4 Å². The largest absolute Gasteiger partial charge is 0.492 e. The van der Waals surface area contributed by atoms with Crippen LogP contribution in [0.5, 0.6) is 5.75 Å². The quantitative estimate of drug-likeness (QED) is 0.206. The first-order valence-corrected chi connectivity index (χ1v) is 14.2. The lowest BCUT2D eigenvalue weighted by atomic mass is 10.0. The fraction of sp³-hybridized carbons (Fsp3) is 0.152. The molecule has 0 radical (unpaired) electrons. The molecule has 0 saturated carbocycles. The highest BCUT2D eigenvalue weighted by atomic mass is 32.1. The molecule has 0 bridgehead atoms. The molecule has 0 spiro atoms. The first-order valence-electron chi connectivity index (χ1n) is 13.4. The van der Waals surface area contributed by atoms with E-state index >= 15 is 0 Å². The Morgan fingerprint density at radius 2 is 1.52 bits per heavy atom. The maximum absolute atomic E-state index is 12.8. The normalized spacial score (nSPS) is 11.6. The second-order valence-corrected chi connectivity index (χ2v) is 10.7. The van der Waals surface area contributed by atoms with Gasteiger partial charge < -0.3 is 15.2 Å². The molecular weight excluding hydrogens is 552 g/mol. The molecular formula is C33H28N2O6S. The van der Waals surface area contributed by atoms with Gasteiger partial charge in [-0.2, -0.15) is 0 Å². The van der Waals surface area contributed by atoms with Gasteiger partial charge in [0, 0.05) is 17.5 Å². The number of aliphatic carboxylic acids is 1. The monoisotopic (exact) mass is 580 g/mol. The van der Waals surface area contributed by atoms with Crippen LogP contribution in [0.15, 0.2) is 108 Å². The maximum Gasteiger partial charge on any atom is 0.326 e. The van der Waals surface area contributed by atoms with Crippen LogP contribution in [0, 0.1) is 0 Å². The number of ether oxygens (including phenoxy) is 1. The summed E-state index contributed by atoms with van der Waals surface area (Å²) in [6, 6.07) is 29.3. The van der Waals surface area contributed by atoms with E-state index in [1.54, 1.807) is 59.2 Å². The van der Waals surface area contributed by atoms with Crippen LogP contribution in [0.25, 0.3) is 10.2 Å². The molecule has 0 aliphatic heterocycles. The predicted molar refractivity (Wildman–Crippen MR) is 161 cm³/mol. The SMILES string of the molecule is O=C(Cc1ccccc1)NC(Cc1ccc(OCCn2c(=O)sc3cc(C(=O)c4ccccc4)ccc32)cc1)C(=O)O. The number of carbonyl (C=O) groups excluding carboxylic acids is 2. The first kappa shape index (κ1) is 28.5. The smallest absolute Gasteiger partial charge is 0.326 e. The van der Waals surface area contributed by atoms with Gasteiger partial charge in [-0.15, -0.1) is 0 Å². The molecule has 1 heterocycles. The van der Waals surface area contributed by atoms with Crippen LogP contribution in [-0.4, -0.2) is 40.0 Å². The van der Waals surface area contributed by atoms with Gasteiger partial charge in [0.25, 0.3) is 0 Å². The third kappa shape index (κ3) is 7.00. The lowest BCUT2D eigenvalue weighted by Crippen LogP contribution is -2.43. The zero-order valence-corrected chi connectivity index (χ0v) is 23.4. The summed E-state index contributed by atoms with van der Waals surface area (Å²) in [6.45, 7) is 0.560. The number of aromatic nitrogens is 1. The van der Waals surface area contributed by atoms with Crippen molar-refractivity contribution in [3.63, 3.8) is 0 Å². The molecule has 0 saturated heterocycles. The number of nitrogens with zero attached hydrogens (tertiary/aromatic N) is 1. The molecule has 1 amide bonds. The number of fused-ring (bicyclic) bond motifs is 1. The Labute approximate surface area is 245 Å². The van der Waals surface area contributed by atoms with Gasteiger partial charge >= 0.3 is 10.8 Å². The van der Waals surface area contributed by atoms with Crippen molar-refractivity contribution in [2.45, 2.75) is 25.4 Å². The number of rotatable bonds is 12. The summed E-state index contributed by atoms with van der Waals surface area (Å²) in [7, 11) is 0. The van der Waals surface area contributed by atoms with Crippen molar-refractivity contribution >= 4 is 39.2 Å². The fourth-order valence-corrected chi connectivity index (χ4v) is 5.57. The highest BCUT2D eigenvalue weighted by molar-refractivity contribution is 7.16. The minimum absolute atomic E-state index is 0.0964. The van der Waals surface area contributed by atoms with Gasteiger partial charge in [-0.1, -0.05) is 84.1 Å². The Bertz CT molecular complexity index is 1760. The van der Waals surface area contributed by atoms with Crippen LogP contribution in [0.2, 0.25) is 0 Å². The van der Waals surface area contributed by atoms with Crippen molar-refractivity contribution in [1.29, 1.82) is 0 Å². The highest BCUT2D eigenvalue weighted by Crippen LogP contribution is 2.21. The van der Waals surface area contributed by atoms with E-state index in [0.717, 1.165) is 32.7 Å². The molecule has 1 unspecified atom stereocenters. The predicted octanol–water partition coefficient (Wildman–Crippen LogP) is 4.73. The van der Waals surface area contributed by atoms with Crippen molar-refractivity contribution in [3.05, 3.63) is 135 Å². The number of nitrogens with one attached hydrogen (secondary N) is 1. The van der Waals surface area contributed by atoms with Crippen molar-refractivity contribution in [2.75, 3.05) is 6.61 Å². The summed E-state index contributed by atoms with van der Waals surface area (Å²) >= 11 is 1.09. The van der Waals surface area contributed by atoms with Gasteiger partial charge in [0.05, 0.1) is 23.2 Å². The molecule has 212 valence electrons. The van der Waals surface area contributed by atoms with Gasteiger partial charge in [-0.3, -0.25) is 19.0 Å². The molecule has 5 rings (SSSR count). The minimum Gasteiger partial charge on any atom is -0.492 e. The van der Waals surface area contributed by atoms with E-state index in [2.05, 4.69) is 5.32 Å². The number of ketones is 1. The zero-order valence-electron chi connectivity index (χ0n) is 22.6. The summed E-state index contributed by atoms with van der Waals surface area (Å²) in [6.07, 6.45) is 0.230. The molecule has 4 aromatic carbocycles. The molecule has 0 aliphatic carbocycles. The number of carboxylic acids is 1. The topological polar surface area (TPSA) is 115 Å².